The number of amides is 2. The fraction of sp³-hybridized carbons (Fsp3) is 0.680. The molecular weight excluding hydrogens is 394 g/mol. The maximum atomic E-state index is 13.6. The van der Waals surface area contributed by atoms with Gasteiger partial charge in [-0.1, -0.05) is 51.3 Å². The largest absolute Gasteiger partial charge is 0.508 e. The second-order valence-corrected chi connectivity index (χ2v) is 10.3. The minimum atomic E-state index is -1.47. The van der Waals surface area contributed by atoms with E-state index in [-0.39, 0.29) is 41.4 Å². The summed E-state index contributed by atoms with van der Waals surface area (Å²) in [6.45, 7) is 4.08. The number of rotatable bonds is 3. The molecule has 0 unspecified atom stereocenters. The summed E-state index contributed by atoms with van der Waals surface area (Å²) in [7, 11) is 0. The maximum Gasteiger partial charge on any atom is 0.233 e. The monoisotopic (exact) mass is 427 g/mol. The Bertz CT molecular complexity index is 878. The van der Waals surface area contributed by atoms with Crippen molar-refractivity contribution in [3.8, 4) is 5.75 Å². The van der Waals surface area contributed by atoms with E-state index < -0.39 is 23.7 Å². The molecule has 2 aliphatic heterocycles. The summed E-state index contributed by atoms with van der Waals surface area (Å²) < 4.78 is 6.28. The lowest BCUT2D eigenvalue weighted by Gasteiger charge is -2.46. The van der Waals surface area contributed by atoms with Gasteiger partial charge < -0.3 is 14.9 Å². The van der Waals surface area contributed by atoms with Crippen LogP contribution in [0.3, 0.4) is 0 Å². The topological polar surface area (TPSA) is 87.1 Å². The van der Waals surface area contributed by atoms with Crippen LogP contribution in [0.25, 0.3) is 0 Å². The number of nitrogens with zero attached hydrogens (tertiary/aromatic N) is 1. The first-order valence-corrected chi connectivity index (χ1v) is 11.9. The van der Waals surface area contributed by atoms with Gasteiger partial charge in [0.15, 0.2) is 5.79 Å². The van der Waals surface area contributed by atoms with E-state index in [0.717, 1.165) is 32.1 Å². The van der Waals surface area contributed by atoms with Gasteiger partial charge in [0, 0.05) is 23.4 Å². The first-order chi connectivity index (χ1) is 14.8. The molecule has 31 heavy (non-hydrogen) atoms. The molecule has 2 saturated heterocycles. The van der Waals surface area contributed by atoms with E-state index in [1.165, 1.54) is 0 Å². The molecule has 2 amide bonds. The third-order valence-corrected chi connectivity index (χ3v) is 8.34. The summed E-state index contributed by atoms with van der Waals surface area (Å²) in [4.78, 5) is 28.6. The number of ether oxygens (including phenoxy) is 1. The molecule has 0 radical (unpaired) electrons. The number of aromatic hydroxyl groups is 1. The summed E-state index contributed by atoms with van der Waals surface area (Å²) in [5, 5.41) is 22.2. The van der Waals surface area contributed by atoms with Gasteiger partial charge in [-0.15, -0.1) is 0 Å². The van der Waals surface area contributed by atoms with Crippen molar-refractivity contribution in [3.05, 3.63) is 29.8 Å². The number of carbonyl (C=O) groups excluding carboxylic acids is 2. The lowest BCUT2D eigenvalue weighted by atomic mass is 9.62. The van der Waals surface area contributed by atoms with E-state index in [1.54, 1.807) is 23.1 Å². The van der Waals surface area contributed by atoms with Crippen molar-refractivity contribution in [1.82, 2.24) is 4.90 Å². The van der Waals surface area contributed by atoms with Gasteiger partial charge in [-0.05, 0) is 37.7 Å². The summed E-state index contributed by atoms with van der Waals surface area (Å²) in [5.74, 6) is -3.00. The summed E-state index contributed by atoms with van der Waals surface area (Å²) in [5.41, 5.74) is 0.630. The van der Waals surface area contributed by atoms with E-state index in [2.05, 4.69) is 0 Å². The quantitative estimate of drug-likeness (QED) is 0.717. The molecule has 0 bridgehead atoms. The molecule has 0 aromatic heterocycles. The molecule has 2 heterocycles. The zero-order chi connectivity index (χ0) is 21.9. The third kappa shape index (κ3) is 3.13. The highest BCUT2D eigenvalue weighted by molar-refractivity contribution is 6.05. The minimum absolute atomic E-state index is 0.00114. The molecule has 1 aromatic rings. The average molecular weight is 428 g/mol. The maximum absolute atomic E-state index is 13.6. The number of para-hydroxylation sites is 1. The number of carbonyl (C=O) groups is 2. The van der Waals surface area contributed by atoms with Crippen molar-refractivity contribution in [2.24, 2.45) is 29.6 Å². The van der Waals surface area contributed by atoms with Crippen molar-refractivity contribution >= 4 is 11.8 Å². The van der Waals surface area contributed by atoms with Gasteiger partial charge in [-0.2, -0.15) is 0 Å². The number of phenolic OH excluding ortho intramolecular Hbond substituents is 1. The molecule has 6 heteroatoms. The zero-order valence-electron chi connectivity index (χ0n) is 18.4. The molecule has 2 aliphatic carbocycles. The molecule has 0 spiro atoms. The number of fused-ring (bicyclic) bond motifs is 3. The fourth-order valence-electron chi connectivity index (χ4n) is 6.84. The van der Waals surface area contributed by atoms with Crippen LogP contribution in [0.5, 0.6) is 5.75 Å². The van der Waals surface area contributed by atoms with E-state index in [1.807, 2.05) is 19.9 Å². The van der Waals surface area contributed by atoms with E-state index in [0.29, 0.717) is 18.4 Å². The summed E-state index contributed by atoms with van der Waals surface area (Å²) in [6.07, 6.45) is 5.44. The highest BCUT2D eigenvalue weighted by Gasteiger charge is 2.67. The third-order valence-electron chi connectivity index (χ3n) is 8.34. The Balaban J connectivity index is 1.51. The summed E-state index contributed by atoms with van der Waals surface area (Å²) >= 11 is 0. The second kappa shape index (κ2) is 7.59. The number of benzene rings is 1. The van der Waals surface area contributed by atoms with Gasteiger partial charge in [0.1, 0.15) is 5.75 Å². The predicted octanol–water partition coefficient (Wildman–Crippen LogP) is 3.77. The first-order valence-electron chi connectivity index (χ1n) is 11.9. The van der Waals surface area contributed by atoms with Crippen LogP contribution in [0.2, 0.25) is 0 Å². The van der Waals surface area contributed by atoms with Crippen molar-refractivity contribution in [2.75, 3.05) is 0 Å². The Morgan fingerprint density at radius 2 is 1.77 bits per heavy atom. The van der Waals surface area contributed by atoms with Gasteiger partial charge in [-0.25, -0.2) is 0 Å². The molecule has 2 N–H and O–H groups in total. The number of aliphatic hydroxyl groups is 1. The van der Waals surface area contributed by atoms with Crippen molar-refractivity contribution < 1.29 is 24.5 Å². The van der Waals surface area contributed by atoms with E-state index >= 15 is 0 Å². The Labute approximate surface area is 183 Å². The zero-order valence-corrected chi connectivity index (χ0v) is 18.4. The second-order valence-electron chi connectivity index (χ2n) is 10.3. The molecule has 6 nitrogen and oxygen atoms in total. The van der Waals surface area contributed by atoms with Crippen molar-refractivity contribution in [2.45, 2.75) is 76.7 Å². The lowest BCUT2D eigenvalue weighted by Crippen LogP contribution is -2.55. The van der Waals surface area contributed by atoms with E-state index in [4.69, 9.17) is 4.74 Å². The average Bonchev–Trinajstić information content (AvgIpc) is 3.22. The standard InChI is InChI=1S/C25H33NO5/c1-14(2)18-12-17-22(24(29)26(23(17)28)15-8-4-3-5-9-15)19-13-21(31-25(18,19)30)16-10-6-7-11-20(16)27/h6-7,10-11,14-15,17-19,21-22,27,30H,3-5,8-9,12-13H2,1-2H3/t17-,18+,19-,21-,22-,25+/m0/s1. The summed E-state index contributed by atoms with van der Waals surface area (Å²) in [6, 6.07) is 7.01. The van der Waals surface area contributed by atoms with Crippen LogP contribution >= 0.6 is 0 Å². The molecule has 168 valence electrons. The molecule has 4 aliphatic rings. The smallest absolute Gasteiger partial charge is 0.233 e. The van der Waals surface area contributed by atoms with Crippen LogP contribution in [-0.2, 0) is 14.3 Å². The molecular formula is C25H33NO5. The molecule has 1 aromatic carbocycles. The van der Waals surface area contributed by atoms with Crippen LogP contribution in [0.1, 0.15) is 70.5 Å². The van der Waals surface area contributed by atoms with Crippen LogP contribution < -0.4 is 0 Å². The highest BCUT2D eigenvalue weighted by Crippen LogP contribution is 2.60. The lowest BCUT2D eigenvalue weighted by molar-refractivity contribution is -0.276. The number of likely N-dealkylation sites (tertiary alicyclic amines) is 1. The highest BCUT2D eigenvalue weighted by atomic mass is 16.6. The van der Waals surface area contributed by atoms with Gasteiger partial charge in [-0.3, -0.25) is 14.5 Å². The fourth-order valence-corrected chi connectivity index (χ4v) is 6.84. The minimum Gasteiger partial charge on any atom is -0.508 e. The number of hydrogen-bond acceptors (Lipinski definition) is 5. The number of phenols is 1. The van der Waals surface area contributed by atoms with Gasteiger partial charge in [0.25, 0.3) is 0 Å². The van der Waals surface area contributed by atoms with Gasteiger partial charge >= 0.3 is 0 Å². The van der Waals surface area contributed by atoms with Crippen molar-refractivity contribution in [1.29, 1.82) is 0 Å². The Morgan fingerprint density at radius 3 is 2.45 bits per heavy atom. The Hall–Kier alpha value is -1.92. The number of imide groups is 1. The van der Waals surface area contributed by atoms with E-state index in [9.17, 15) is 19.8 Å². The SMILES string of the molecule is CC(C)[C@H]1C[C@@H]2C(=O)N(C3CCCCC3)C(=O)[C@@H]2[C@@H]2C[C@@H](c3ccccc3O)O[C@]12O. The van der Waals surface area contributed by atoms with Crippen LogP contribution in [0.15, 0.2) is 24.3 Å². The first kappa shape index (κ1) is 21.0. The molecule has 2 saturated carbocycles. The number of hydrogen-bond donors (Lipinski definition) is 2. The Kier molecular flexibility index (Phi) is 5.13. The van der Waals surface area contributed by atoms with Crippen LogP contribution in [-0.4, -0.2) is 38.8 Å². The Morgan fingerprint density at radius 1 is 1.06 bits per heavy atom. The normalized spacial score (nSPS) is 38.6. The van der Waals surface area contributed by atoms with Gasteiger partial charge in [0.05, 0.1) is 17.9 Å². The van der Waals surface area contributed by atoms with Crippen molar-refractivity contribution in [3.63, 3.8) is 0 Å². The molecule has 5 rings (SSSR count). The predicted molar refractivity (Wildman–Crippen MR) is 114 cm³/mol. The van der Waals surface area contributed by atoms with Gasteiger partial charge in [0.2, 0.25) is 11.8 Å². The van der Waals surface area contributed by atoms with Crippen LogP contribution in [0, 0.1) is 29.6 Å². The molecule has 6 atom stereocenters. The molecule has 4 fully saturated rings. The van der Waals surface area contributed by atoms with Crippen LogP contribution in [0.4, 0.5) is 0 Å².